The van der Waals surface area contributed by atoms with E-state index in [1.165, 1.54) is 15.6 Å². The van der Waals surface area contributed by atoms with Crippen molar-refractivity contribution in [2.75, 3.05) is 38.5 Å². The lowest BCUT2D eigenvalue weighted by Gasteiger charge is -2.33. The fourth-order valence-electron chi connectivity index (χ4n) is 2.54. The van der Waals surface area contributed by atoms with Gasteiger partial charge in [0.1, 0.15) is 0 Å². The summed E-state index contributed by atoms with van der Waals surface area (Å²) in [7, 11) is -1.60. The molecular weight excluding hydrogens is 366 g/mol. The third-order valence-electron chi connectivity index (χ3n) is 3.87. The maximum atomic E-state index is 12.6. The van der Waals surface area contributed by atoms with Crippen LogP contribution in [0.5, 0.6) is 0 Å². The summed E-state index contributed by atoms with van der Waals surface area (Å²) in [5.41, 5.74) is 0. The zero-order chi connectivity index (χ0) is 17.2. The summed E-state index contributed by atoms with van der Waals surface area (Å²) in [5, 5.41) is 8.15. The summed E-state index contributed by atoms with van der Waals surface area (Å²) in [4.78, 5) is 2.50. The predicted molar refractivity (Wildman–Crippen MR) is 97.3 cm³/mol. The molecule has 0 bridgehead atoms. The molecule has 0 radical (unpaired) electrons. The van der Waals surface area contributed by atoms with Crippen molar-refractivity contribution in [3.63, 3.8) is 0 Å². The Morgan fingerprint density at radius 3 is 2.46 bits per heavy atom. The van der Waals surface area contributed by atoms with Gasteiger partial charge in [-0.3, -0.25) is 4.90 Å². The summed E-state index contributed by atoms with van der Waals surface area (Å²) in [6.07, 6.45) is 0. The summed E-state index contributed by atoms with van der Waals surface area (Å²) in [6.45, 7) is 2.82. The minimum absolute atomic E-state index is 0.346. The number of nitrogens with zero attached hydrogens (tertiary/aromatic N) is 4. The molecule has 0 unspecified atom stereocenters. The lowest BCUT2D eigenvalue weighted by Crippen LogP contribution is -2.48. The molecule has 0 spiro atoms. The Hall–Kier alpha value is -1.33. The van der Waals surface area contributed by atoms with Gasteiger partial charge >= 0.3 is 0 Å². The highest BCUT2D eigenvalue weighted by Gasteiger charge is 2.28. The molecule has 1 N–H and O–H groups in total. The van der Waals surface area contributed by atoms with Gasteiger partial charge in [0.05, 0.1) is 11.6 Å². The van der Waals surface area contributed by atoms with Gasteiger partial charge in [-0.25, -0.2) is 13.1 Å². The monoisotopic (exact) mass is 385 g/mol. The molecule has 0 aliphatic carbocycles. The molecule has 7 nitrogen and oxygen atoms in total. The van der Waals surface area contributed by atoms with Gasteiger partial charge in [0.2, 0.25) is 15.2 Å². The fraction of sp³-hybridized carbons (Fsp3) is 0.429. The largest absolute Gasteiger partial charge is 0.363 e. The number of rotatable bonds is 5. The molecule has 1 saturated heterocycles. The number of hydrogen-bond acceptors (Lipinski definition) is 7. The van der Waals surface area contributed by atoms with Crippen LogP contribution in [0.3, 0.4) is 0 Å². The number of sulfonamides is 1. The van der Waals surface area contributed by atoms with Crippen LogP contribution in [0, 0.1) is 3.95 Å². The quantitative estimate of drug-likeness (QED) is 0.790. The lowest BCUT2D eigenvalue weighted by atomic mass is 10.4. The topological polar surface area (TPSA) is 70.5 Å². The van der Waals surface area contributed by atoms with Gasteiger partial charge in [0.15, 0.2) is 3.95 Å². The first-order valence-electron chi connectivity index (χ1n) is 7.54. The smallest absolute Gasteiger partial charge is 0.243 e. The van der Waals surface area contributed by atoms with Gasteiger partial charge < -0.3 is 5.32 Å². The van der Waals surface area contributed by atoms with Gasteiger partial charge in [0.25, 0.3) is 0 Å². The van der Waals surface area contributed by atoms with Crippen LogP contribution < -0.4 is 5.32 Å². The summed E-state index contributed by atoms with van der Waals surface area (Å²) in [5.74, 6) is 0. The second kappa shape index (κ2) is 7.28. The Labute approximate surface area is 150 Å². The van der Waals surface area contributed by atoms with E-state index in [0.717, 1.165) is 5.13 Å². The Morgan fingerprint density at radius 1 is 1.21 bits per heavy atom. The Balaban J connectivity index is 1.63. The van der Waals surface area contributed by atoms with Crippen molar-refractivity contribution in [1.82, 2.24) is 19.0 Å². The average Bonchev–Trinajstić information content (AvgIpc) is 2.96. The summed E-state index contributed by atoms with van der Waals surface area (Å²) in [6, 6.07) is 8.57. The molecule has 1 aliphatic rings. The van der Waals surface area contributed by atoms with Crippen LogP contribution in [0.2, 0.25) is 0 Å². The van der Waals surface area contributed by atoms with Crippen LogP contribution in [0.15, 0.2) is 35.2 Å². The van der Waals surface area contributed by atoms with Crippen molar-refractivity contribution in [3.8, 4) is 0 Å². The van der Waals surface area contributed by atoms with Crippen molar-refractivity contribution in [2.45, 2.75) is 11.6 Å². The molecule has 1 aromatic carbocycles. The van der Waals surface area contributed by atoms with Gasteiger partial charge in [-0.2, -0.15) is 4.31 Å². The molecule has 3 rings (SSSR count). The van der Waals surface area contributed by atoms with Crippen molar-refractivity contribution in [1.29, 1.82) is 0 Å². The second-order valence-corrected chi connectivity index (χ2v) is 8.96. The first kappa shape index (κ1) is 17.5. The van der Waals surface area contributed by atoms with Gasteiger partial charge in [0, 0.05) is 33.2 Å². The van der Waals surface area contributed by atoms with E-state index in [1.54, 1.807) is 28.9 Å². The minimum Gasteiger partial charge on any atom is -0.363 e. The van der Waals surface area contributed by atoms with Crippen molar-refractivity contribution in [3.05, 3.63) is 34.3 Å². The SMILES string of the molecule is CNc1nn(CN2CCN(S(=O)(=O)c3ccccc3)CC2)c(=S)s1. The second-order valence-electron chi connectivity index (χ2n) is 5.40. The molecule has 10 heteroatoms. The first-order valence-corrected chi connectivity index (χ1v) is 10.2. The minimum atomic E-state index is -3.41. The molecular formula is C14H19N5O2S3. The normalized spacial score (nSPS) is 17.0. The molecule has 130 valence electrons. The number of hydrogen-bond donors (Lipinski definition) is 1. The van der Waals surface area contributed by atoms with E-state index in [-0.39, 0.29) is 0 Å². The van der Waals surface area contributed by atoms with Crippen molar-refractivity contribution < 1.29 is 8.42 Å². The highest BCUT2D eigenvalue weighted by molar-refractivity contribution is 7.89. The number of nitrogens with one attached hydrogen (secondary N) is 1. The fourth-order valence-corrected chi connectivity index (χ4v) is 4.93. The molecule has 2 aromatic rings. The van der Waals surface area contributed by atoms with Crippen LogP contribution in [0.1, 0.15) is 0 Å². The highest BCUT2D eigenvalue weighted by Crippen LogP contribution is 2.18. The molecule has 1 aromatic heterocycles. The molecule has 24 heavy (non-hydrogen) atoms. The highest BCUT2D eigenvalue weighted by atomic mass is 32.2. The summed E-state index contributed by atoms with van der Waals surface area (Å²) < 4.78 is 29.2. The van der Waals surface area contributed by atoms with Crippen LogP contribution in [-0.4, -0.2) is 60.6 Å². The van der Waals surface area contributed by atoms with E-state index in [9.17, 15) is 8.42 Å². The van der Waals surface area contributed by atoms with Gasteiger partial charge in [-0.15, -0.1) is 5.10 Å². The molecule has 1 aliphatic heterocycles. The van der Waals surface area contributed by atoms with E-state index >= 15 is 0 Å². The molecule has 0 saturated carbocycles. The molecule has 1 fully saturated rings. The van der Waals surface area contributed by atoms with Crippen LogP contribution in [0.4, 0.5) is 5.13 Å². The predicted octanol–water partition coefficient (Wildman–Crippen LogP) is 1.68. The number of piperazine rings is 1. The summed E-state index contributed by atoms with van der Waals surface area (Å²) >= 11 is 6.73. The first-order chi connectivity index (χ1) is 11.5. The average molecular weight is 386 g/mol. The van der Waals surface area contributed by atoms with Crippen LogP contribution >= 0.6 is 23.6 Å². The van der Waals surface area contributed by atoms with Gasteiger partial charge in [-0.05, 0) is 24.4 Å². The Morgan fingerprint density at radius 2 is 1.88 bits per heavy atom. The standard InChI is InChI=1S/C14H19N5O2S3/c1-15-13-16-19(14(22)23-13)11-17-7-9-18(10-8-17)24(20,21)12-5-3-2-4-6-12/h2-6H,7-11H2,1H3,(H,15,16). The van der Waals surface area contributed by atoms with Crippen molar-refractivity contribution in [2.24, 2.45) is 0 Å². The van der Waals surface area contributed by atoms with E-state index in [2.05, 4.69) is 15.3 Å². The number of benzene rings is 1. The van der Waals surface area contributed by atoms with E-state index < -0.39 is 10.0 Å². The molecule has 2 heterocycles. The van der Waals surface area contributed by atoms with E-state index in [1.807, 2.05) is 13.1 Å². The van der Waals surface area contributed by atoms with E-state index in [0.29, 0.717) is 41.7 Å². The zero-order valence-corrected chi connectivity index (χ0v) is 15.7. The van der Waals surface area contributed by atoms with Gasteiger partial charge in [-0.1, -0.05) is 29.5 Å². The van der Waals surface area contributed by atoms with Crippen LogP contribution in [0.25, 0.3) is 0 Å². The van der Waals surface area contributed by atoms with Crippen molar-refractivity contribution >= 4 is 38.7 Å². The maximum absolute atomic E-state index is 12.6. The maximum Gasteiger partial charge on any atom is 0.243 e. The Bertz CT molecular complexity index is 839. The van der Waals surface area contributed by atoms with Crippen LogP contribution in [-0.2, 0) is 16.7 Å². The molecule has 0 amide bonds. The Kier molecular flexibility index (Phi) is 5.30. The zero-order valence-electron chi connectivity index (χ0n) is 13.3. The lowest BCUT2D eigenvalue weighted by molar-refractivity contribution is 0.145. The molecule has 0 atom stereocenters. The third-order valence-corrected chi connectivity index (χ3v) is 7.10. The third kappa shape index (κ3) is 3.67. The van der Waals surface area contributed by atoms with E-state index in [4.69, 9.17) is 12.2 Å². The number of aromatic nitrogens is 2. The number of anilines is 1.